The highest BCUT2D eigenvalue weighted by atomic mass is 19.4. The fourth-order valence-electron chi connectivity index (χ4n) is 1.51. The van der Waals surface area contributed by atoms with Crippen LogP contribution >= 0.6 is 0 Å². The van der Waals surface area contributed by atoms with E-state index in [1.54, 1.807) is 0 Å². The molecule has 0 spiro atoms. The van der Waals surface area contributed by atoms with Crippen molar-refractivity contribution in [2.75, 3.05) is 5.73 Å². The van der Waals surface area contributed by atoms with E-state index in [4.69, 9.17) is 10.5 Å². The average Bonchev–Trinajstić information content (AvgIpc) is 2.36. The van der Waals surface area contributed by atoms with Crippen molar-refractivity contribution in [3.8, 4) is 11.5 Å². The number of nitrogens with two attached hydrogens (primary N) is 1. The van der Waals surface area contributed by atoms with Crippen molar-refractivity contribution in [3.63, 3.8) is 0 Å². The van der Waals surface area contributed by atoms with Gasteiger partial charge in [0.25, 0.3) is 0 Å². The second-order valence-corrected chi connectivity index (χ2v) is 4.09. The summed E-state index contributed by atoms with van der Waals surface area (Å²) >= 11 is 0. The van der Waals surface area contributed by atoms with Gasteiger partial charge in [0.05, 0.1) is 11.9 Å². The van der Waals surface area contributed by atoms with Crippen LogP contribution < -0.4 is 10.5 Å². The minimum absolute atomic E-state index is 0.112. The molecule has 2 N–H and O–H groups in total. The molecule has 0 bridgehead atoms. The number of hydrogen-bond donors (Lipinski definition) is 1. The molecule has 1 aromatic carbocycles. The zero-order valence-electron chi connectivity index (χ0n) is 10.3. The summed E-state index contributed by atoms with van der Waals surface area (Å²) in [5.74, 6) is -1.15. The molecule has 106 valence electrons. The molecule has 0 fully saturated rings. The fraction of sp³-hybridized carbons (Fsp3) is 0.154. The third-order valence-corrected chi connectivity index (χ3v) is 2.56. The van der Waals surface area contributed by atoms with Gasteiger partial charge in [0.1, 0.15) is 5.69 Å². The first kappa shape index (κ1) is 14.1. The number of ether oxygens (including phenoxy) is 1. The molecule has 2 rings (SSSR count). The van der Waals surface area contributed by atoms with Crippen LogP contribution in [0.5, 0.6) is 11.5 Å². The van der Waals surface area contributed by atoms with Gasteiger partial charge in [-0.15, -0.1) is 0 Å². The molecule has 0 amide bonds. The van der Waals surface area contributed by atoms with Crippen molar-refractivity contribution in [3.05, 3.63) is 47.5 Å². The quantitative estimate of drug-likeness (QED) is 0.851. The van der Waals surface area contributed by atoms with Crippen LogP contribution in [-0.2, 0) is 6.18 Å². The molecule has 0 aliphatic rings. The number of benzene rings is 1. The van der Waals surface area contributed by atoms with Crippen molar-refractivity contribution in [2.24, 2.45) is 0 Å². The second-order valence-electron chi connectivity index (χ2n) is 4.09. The van der Waals surface area contributed by atoms with Gasteiger partial charge in [-0.2, -0.15) is 13.2 Å². The van der Waals surface area contributed by atoms with E-state index >= 15 is 0 Å². The summed E-state index contributed by atoms with van der Waals surface area (Å²) < 4.78 is 56.5. The predicted molar refractivity (Wildman–Crippen MR) is 64.9 cm³/mol. The summed E-state index contributed by atoms with van der Waals surface area (Å²) in [6.45, 7) is 1.51. The maximum absolute atomic E-state index is 13.7. The van der Waals surface area contributed by atoms with Crippen molar-refractivity contribution >= 4 is 5.69 Å². The van der Waals surface area contributed by atoms with Crippen molar-refractivity contribution in [1.29, 1.82) is 0 Å². The molecule has 0 saturated heterocycles. The number of anilines is 1. The van der Waals surface area contributed by atoms with Crippen LogP contribution in [-0.4, -0.2) is 4.98 Å². The Balaban J connectivity index is 2.41. The van der Waals surface area contributed by atoms with Gasteiger partial charge >= 0.3 is 6.18 Å². The van der Waals surface area contributed by atoms with E-state index in [1.165, 1.54) is 25.1 Å². The summed E-state index contributed by atoms with van der Waals surface area (Å²) in [4.78, 5) is 3.17. The maximum atomic E-state index is 13.7. The number of hydrogen-bond acceptors (Lipinski definition) is 3. The van der Waals surface area contributed by atoms with Gasteiger partial charge in [-0.3, -0.25) is 0 Å². The lowest BCUT2D eigenvalue weighted by molar-refractivity contribution is -0.141. The van der Waals surface area contributed by atoms with E-state index in [9.17, 15) is 17.6 Å². The fourth-order valence-corrected chi connectivity index (χ4v) is 1.51. The Morgan fingerprint density at radius 2 is 1.90 bits per heavy atom. The van der Waals surface area contributed by atoms with Crippen molar-refractivity contribution in [2.45, 2.75) is 13.1 Å². The van der Waals surface area contributed by atoms with Gasteiger partial charge in [-0.1, -0.05) is 12.1 Å². The number of nitrogens with zero attached hydrogens (tertiary/aromatic N) is 1. The van der Waals surface area contributed by atoms with Crippen LogP contribution in [0, 0.1) is 12.7 Å². The van der Waals surface area contributed by atoms with E-state index in [-0.39, 0.29) is 17.2 Å². The molecule has 1 heterocycles. The van der Waals surface area contributed by atoms with E-state index in [0.29, 0.717) is 11.6 Å². The molecule has 0 saturated carbocycles. The Labute approximate surface area is 112 Å². The molecular formula is C13H10F4N2O. The number of rotatable bonds is 2. The molecule has 20 heavy (non-hydrogen) atoms. The molecule has 1 aromatic heterocycles. The van der Waals surface area contributed by atoms with Gasteiger partial charge in [-0.25, -0.2) is 9.37 Å². The van der Waals surface area contributed by atoms with E-state index < -0.39 is 17.7 Å². The molecule has 7 heteroatoms. The highest BCUT2D eigenvalue weighted by Crippen LogP contribution is 2.35. The van der Waals surface area contributed by atoms with Crippen LogP contribution in [0.3, 0.4) is 0 Å². The standard InChI is InChI=1S/C13H10F4N2O/c1-7-3-2-4-9(12(7)14)20-10-5-11(13(15,16)17)19-6-8(10)18/h2-6H,18H2,1H3. The predicted octanol–water partition coefficient (Wildman–Crippen LogP) is 3.92. The number of halogens is 4. The number of aromatic nitrogens is 1. The third kappa shape index (κ3) is 2.81. The van der Waals surface area contributed by atoms with Crippen LogP contribution in [0.25, 0.3) is 0 Å². The Hall–Kier alpha value is -2.31. The summed E-state index contributed by atoms with van der Waals surface area (Å²) in [5, 5.41) is 0. The second kappa shape index (κ2) is 4.99. The van der Waals surface area contributed by atoms with Gasteiger partial charge in [0, 0.05) is 6.07 Å². The molecule has 0 unspecified atom stereocenters. The van der Waals surface area contributed by atoms with Gasteiger partial charge in [0.15, 0.2) is 17.3 Å². The first-order chi connectivity index (χ1) is 9.29. The lowest BCUT2D eigenvalue weighted by atomic mass is 10.2. The van der Waals surface area contributed by atoms with Crippen LogP contribution in [0.15, 0.2) is 30.5 Å². The molecule has 2 aromatic rings. The minimum atomic E-state index is -4.63. The Morgan fingerprint density at radius 3 is 2.55 bits per heavy atom. The largest absolute Gasteiger partial charge is 0.452 e. The molecule has 0 aliphatic carbocycles. The summed E-state index contributed by atoms with van der Waals surface area (Å²) in [6.07, 6.45) is -3.80. The number of aryl methyl sites for hydroxylation is 1. The van der Waals surface area contributed by atoms with Crippen LogP contribution in [0.4, 0.5) is 23.2 Å². The Bertz CT molecular complexity index is 641. The number of nitrogen functional groups attached to an aromatic ring is 1. The zero-order valence-corrected chi connectivity index (χ0v) is 10.3. The minimum Gasteiger partial charge on any atom is -0.452 e. The van der Waals surface area contributed by atoms with Gasteiger partial charge in [-0.05, 0) is 18.6 Å². The molecule has 3 nitrogen and oxygen atoms in total. The van der Waals surface area contributed by atoms with E-state index in [1.807, 2.05) is 0 Å². The maximum Gasteiger partial charge on any atom is 0.433 e. The topological polar surface area (TPSA) is 48.1 Å². The molecule has 0 aliphatic heterocycles. The number of alkyl halides is 3. The van der Waals surface area contributed by atoms with E-state index in [2.05, 4.69) is 4.98 Å². The zero-order chi connectivity index (χ0) is 14.9. The summed E-state index contributed by atoms with van der Waals surface area (Å²) in [5.41, 5.74) is 4.53. The third-order valence-electron chi connectivity index (χ3n) is 2.56. The summed E-state index contributed by atoms with van der Waals surface area (Å²) in [6, 6.07) is 4.97. The first-order valence-corrected chi connectivity index (χ1v) is 5.54. The summed E-state index contributed by atoms with van der Waals surface area (Å²) in [7, 11) is 0. The van der Waals surface area contributed by atoms with E-state index in [0.717, 1.165) is 6.20 Å². The monoisotopic (exact) mass is 286 g/mol. The normalized spacial score (nSPS) is 11.4. The van der Waals surface area contributed by atoms with Gasteiger partial charge < -0.3 is 10.5 Å². The SMILES string of the molecule is Cc1cccc(Oc2cc(C(F)(F)F)ncc2N)c1F. The molecule has 0 atom stereocenters. The Kier molecular flexibility index (Phi) is 3.52. The lowest BCUT2D eigenvalue weighted by Crippen LogP contribution is -2.09. The lowest BCUT2D eigenvalue weighted by Gasteiger charge is -2.12. The smallest absolute Gasteiger partial charge is 0.433 e. The average molecular weight is 286 g/mol. The highest BCUT2D eigenvalue weighted by molar-refractivity contribution is 5.53. The number of pyridine rings is 1. The molecule has 0 radical (unpaired) electrons. The molecular weight excluding hydrogens is 276 g/mol. The van der Waals surface area contributed by atoms with Crippen molar-refractivity contribution in [1.82, 2.24) is 4.98 Å². The van der Waals surface area contributed by atoms with Crippen LogP contribution in [0.1, 0.15) is 11.3 Å². The first-order valence-electron chi connectivity index (χ1n) is 5.54. The Morgan fingerprint density at radius 1 is 1.20 bits per heavy atom. The van der Waals surface area contributed by atoms with Gasteiger partial charge in [0.2, 0.25) is 0 Å². The van der Waals surface area contributed by atoms with Crippen LogP contribution in [0.2, 0.25) is 0 Å². The van der Waals surface area contributed by atoms with Crippen molar-refractivity contribution < 1.29 is 22.3 Å². The highest BCUT2D eigenvalue weighted by Gasteiger charge is 2.33.